The average molecular weight is 393 g/mol. The number of anilines is 2. The Morgan fingerprint density at radius 1 is 1.35 bits per heavy atom. The first-order valence-electron chi connectivity index (χ1n) is 7.67. The lowest BCUT2D eigenvalue weighted by molar-refractivity contribution is -0.170. The van der Waals surface area contributed by atoms with Gasteiger partial charge in [0.2, 0.25) is 0 Å². The standard InChI is InChI=1S/C16H20BrF3N2O/c1-3-22(15(23)16(18,19)20)12-4-5-14(13(17)10-12)21-8-6-11(2)7-9-21/h4-5,10-11H,3,6-9H2,1-2H3. The molecule has 0 unspecified atom stereocenters. The fourth-order valence-corrected chi connectivity index (χ4v) is 3.38. The van der Waals surface area contributed by atoms with Crippen LogP contribution in [0.1, 0.15) is 26.7 Å². The van der Waals surface area contributed by atoms with E-state index >= 15 is 0 Å². The Kier molecular flexibility index (Phi) is 5.60. The van der Waals surface area contributed by atoms with Crippen LogP contribution in [0.4, 0.5) is 24.5 Å². The normalized spacial score (nSPS) is 16.5. The molecular formula is C16H20BrF3N2O. The van der Waals surface area contributed by atoms with Crippen LogP contribution in [0.15, 0.2) is 22.7 Å². The van der Waals surface area contributed by atoms with Crippen molar-refractivity contribution in [1.29, 1.82) is 0 Å². The van der Waals surface area contributed by atoms with Gasteiger partial charge in [0.15, 0.2) is 0 Å². The topological polar surface area (TPSA) is 23.6 Å². The summed E-state index contributed by atoms with van der Waals surface area (Å²) in [7, 11) is 0. The first-order valence-corrected chi connectivity index (χ1v) is 8.46. The van der Waals surface area contributed by atoms with Gasteiger partial charge in [-0.2, -0.15) is 13.2 Å². The molecule has 2 rings (SSSR count). The number of amides is 1. The van der Waals surface area contributed by atoms with Crippen LogP contribution in [0.5, 0.6) is 0 Å². The summed E-state index contributed by atoms with van der Waals surface area (Å²) in [5.41, 5.74) is 1.20. The molecule has 1 saturated heterocycles. The molecule has 1 aromatic rings. The summed E-state index contributed by atoms with van der Waals surface area (Å²) < 4.78 is 38.7. The molecule has 1 heterocycles. The van der Waals surface area contributed by atoms with Crippen LogP contribution in [-0.2, 0) is 4.79 Å². The summed E-state index contributed by atoms with van der Waals surface area (Å²) in [6.45, 7) is 5.57. The van der Waals surface area contributed by atoms with Crippen LogP contribution in [0, 0.1) is 5.92 Å². The molecule has 0 aliphatic carbocycles. The van der Waals surface area contributed by atoms with E-state index in [1.807, 2.05) is 0 Å². The van der Waals surface area contributed by atoms with Crippen molar-refractivity contribution < 1.29 is 18.0 Å². The molecule has 1 amide bonds. The smallest absolute Gasteiger partial charge is 0.371 e. The highest BCUT2D eigenvalue weighted by molar-refractivity contribution is 9.10. The van der Waals surface area contributed by atoms with E-state index in [0.717, 1.165) is 36.5 Å². The molecule has 0 N–H and O–H groups in total. The van der Waals surface area contributed by atoms with Crippen LogP contribution in [0.25, 0.3) is 0 Å². The third-order valence-corrected chi connectivity index (χ3v) is 4.81. The van der Waals surface area contributed by atoms with Gasteiger partial charge in [-0.25, -0.2) is 0 Å². The van der Waals surface area contributed by atoms with E-state index in [1.54, 1.807) is 18.2 Å². The fraction of sp³-hybridized carbons (Fsp3) is 0.562. The predicted molar refractivity (Wildman–Crippen MR) is 88.8 cm³/mol. The van der Waals surface area contributed by atoms with Crippen molar-refractivity contribution in [3.05, 3.63) is 22.7 Å². The quantitative estimate of drug-likeness (QED) is 0.750. The number of hydrogen-bond acceptors (Lipinski definition) is 2. The number of carbonyl (C=O) groups is 1. The summed E-state index contributed by atoms with van der Waals surface area (Å²) in [5.74, 6) is -1.14. The van der Waals surface area contributed by atoms with Crippen LogP contribution in [-0.4, -0.2) is 31.7 Å². The molecule has 0 atom stereocenters. The van der Waals surface area contributed by atoms with Gasteiger partial charge in [0.05, 0.1) is 5.69 Å². The van der Waals surface area contributed by atoms with Gasteiger partial charge >= 0.3 is 12.1 Å². The van der Waals surface area contributed by atoms with E-state index in [2.05, 4.69) is 27.8 Å². The number of hydrogen-bond donors (Lipinski definition) is 0. The van der Waals surface area contributed by atoms with Crippen molar-refractivity contribution in [3.63, 3.8) is 0 Å². The van der Waals surface area contributed by atoms with Gasteiger partial charge in [-0.3, -0.25) is 4.79 Å². The lowest BCUT2D eigenvalue weighted by atomic mass is 9.99. The third kappa shape index (κ3) is 4.19. The summed E-state index contributed by atoms with van der Waals surface area (Å²) in [6, 6.07) is 4.94. The zero-order chi connectivity index (χ0) is 17.2. The van der Waals surface area contributed by atoms with E-state index in [1.165, 1.54) is 6.92 Å². The van der Waals surface area contributed by atoms with Crippen molar-refractivity contribution in [2.75, 3.05) is 29.4 Å². The predicted octanol–water partition coefficient (Wildman–Crippen LogP) is 4.60. The van der Waals surface area contributed by atoms with Gasteiger partial charge in [-0.15, -0.1) is 0 Å². The van der Waals surface area contributed by atoms with E-state index in [9.17, 15) is 18.0 Å². The van der Waals surface area contributed by atoms with Gasteiger partial charge in [-0.05, 0) is 59.8 Å². The van der Waals surface area contributed by atoms with E-state index < -0.39 is 12.1 Å². The fourth-order valence-electron chi connectivity index (χ4n) is 2.77. The van der Waals surface area contributed by atoms with E-state index in [4.69, 9.17) is 0 Å². The Morgan fingerprint density at radius 3 is 2.43 bits per heavy atom. The Labute approximate surface area is 142 Å². The lowest BCUT2D eigenvalue weighted by Gasteiger charge is -2.33. The van der Waals surface area contributed by atoms with Crippen LogP contribution in [0.3, 0.4) is 0 Å². The van der Waals surface area contributed by atoms with Crippen LogP contribution >= 0.6 is 15.9 Å². The second-order valence-corrected chi connectivity index (χ2v) is 6.71. The first-order chi connectivity index (χ1) is 10.7. The molecule has 128 valence electrons. The summed E-state index contributed by atoms with van der Waals surface area (Å²) >= 11 is 3.43. The molecule has 1 fully saturated rings. The van der Waals surface area contributed by atoms with Crippen molar-refractivity contribution in [3.8, 4) is 0 Å². The molecule has 0 spiro atoms. The third-order valence-electron chi connectivity index (χ3n) is 4.17. The Hall–Kier alpha value is -1.24. The maximum atomic E-state index is 12.7. The second kappa shape index (κ2) is 7.11. The number of alkyl halides is 3. The Morgan fingerprint density at radius 2 is 1.96 bits per heavy atom. The number of benzene rings is 1. The van der Waals surface area contributed by atoms with Gasteiger partial charge < -0.3 is 9.80 Å². The minimum absolute atomic E-state index is 0.0364. The van der Waals surface area contributed by atoms with Crippen molar-refractivity contribution in [2.24, 2.45) is 5.92 Å². The van der Waals surface area contributed by atoms with Gasteiger partial charge in [-0.1, -0.05) is 6.92 Å². The minimum Gasteiger partial charge on any atom is -0.371 e. The highest BCUT2D eigenvalue weighted by Crippen LogP contribution is 2.34. The SMILES string of the molecule is CCN(C(=O)C(F)(F)F)c1ccc(N2CCC(C)CC2)c(Br)c1. The number of rotatable bonds is 3. The molecule has 3 nitrogen and oxygen atoms in total. The highest BCUT2D eigenvalue weighted by atomic mass is 79.9. The van der Waals surface area contributed by atoms with Crippen LogP contribution < -0.4 is 9.80 Å². The highest BCUT2D eigenvalue weighted by Gasteiger charge is 2.42. The van der Waals surface area contributed by atoms with Crippen LogP contribution in [0.2, 0.25) is 0 Å². The molecule has 0 bridgehead atoms. The minimum atomic E-state index is -4.87. The van der Waals surface area contributed by atoms with Crippen molar-refractivity contribution in [2.45, 2.75) is 32.9 Å². The lowest BCUT2D eigenvalue weighted by Crippen LogP contribution is -2.41. The maximum Gasteiger partial charge on any atom is 0.471 e. The molecule has 0 radical (unpaired) electrons. The second-order valence-electron chi connectivity index (χ2n) is 5.85. The monoisotopic (exact) mass is 392 g/mol. The summed E-state index contributed by atoms with van der Waals surface area (Å²) in [4.78, 5) is 14.5. The Balaban J connectivity index is 2.22. The summed E-state index contributed by atoms with van der Waals surface area (Å²) in [6.07, 6.45) is -2.67. The van der Waals surface area contributed by atoms with Crippen molar-refractivity contribution in [1.82, 2.24) is 0 Å². The molecule has 1 aromatic carbocycles. The molecule has 0 aromatic heterocycles. The molecule has 1 aliphatic rings. The zero-order valence-electron chi connectivity index (χ0n) is 13.2. The zero-order valence-corrected chi connectivity index (χ0v) is 14.7. The van der Waals surface area contributed by atoms with Crippen molar-refractivity contribution >= 4 is 33.2 Å². The molecule has 1 aliphatic heterocycles. The maximum absolute atomic E-state index is 12.7. The number of piperidine rings is 1. The number of halogens is 4. The van der Waals surface area contributed by atoms with E-state index in [0.29, 0.717) is 10.4 Å². The molecule has 0 saturated carbocycles. The van der Waals surface area contributed by atoms with Gasteiger partial charge in [0, 0.05) is 29.8 Å². The molecular weight excluding hydrogens is 373 g/mol. The number of nitrogens with zero attached hydrogens (tertiary/aromatic N) is 2. The molecule has 23 heavy (non-hydrogen) atoms. The average Bonchev–Trinajstić information content (AvgIpc) is 2.48. The van der Waals surface area contributed by atoms with Gasteiger partial charge in [0.1, 0.15) is 0 Å². The summed E-state index contributed by atoms with van der Waals surface area (Å²) in [5, 5.41) is 0. The number of carbonyl (C=O) groups excluding carboxylic acids is 1. The largest absolute Gasteiger partial charge is 0.471 e. The molecule has 7 heteroatoms. The Bertz CT molecular complexity index is 569. The van der Waals surface area contributed by atoms with E-state index in [-0.39, 0.29) is 12.2 Å². The van der Waals surface area contributed by atoms with Gasteiger partial charge in [0.25, 0.3) is 0 Å². The first kappa shape index (κ1) is 18.1.